The fourth-order valence-corrected chi connectivity index (χ4v) is 0.660. The van der Waals surface area contributed by atoms with Crippen molar-refractivity contribution in [3.8, 4) is 0 Å². The zero-order chi connectivity index (χ0) is 8.85. The quantitative estimate of drug-likeness (QED) is 0.485. The van der Waals surface area contributed by atoms with Gasteiger partial charge in [0.1, 0.15) is 0 Å². The molecule has 0 saturated heterocycles. The second-order valence-corrected chi connectivity index (χ2v) is 2.29. The van der Waals surface area contributed by atoms with Gasteiger partial charge in [0.25, 0.3) is 0 Å². The molecule has 2 atom stereocenters. The molecule has 0 saturated carbocycles. The van der Waals surface area contributed by atoms with E-state index in [0.29, 0.717) is 0 Å². The van der Waals surface area contributed by atoms with Gasteiger partial charge < -0.3 is 15.3 Å². The molecule has 0 aliphatic heterocycles. The molecule has 0 aliphatic rings. The highest BCUT2D eigenvalue weighted by Gasteiger charge is 2.12. The molecule has 3 N–H and O–H groups in total. The van der Waals surface area contributed by atoms with Gasteiger partial charge in [0.2, 0.25) is 0 Å². The van der Waals surface area contributed by atoms with E-state index in [2.05, 4.69) is 6.58 Å². The second kappa shape index (κ2) is 4.87. The third kappa shape index (κ3) is 5.57. The van der Waals surface area contributed by atoms with Gasteiger partial charge in [0, 0.05) is 6.42 Å². The Hall–Kier alpha value is -0.870. The average molecular weight is 160 g/mol. The summed E-state index contributed by atoms with van der Waals surface area (Å²) in [6.45, 7) is 3.28. The van der Waals surface area contributed by atoms with Gasteiger partial charge in [-0.1, -0.05) is 6.08 Å². The maximum Gasteiger partial charge on any atom is 0.305 e. The highest BCUT2D eigenvalue weighted by molar-refractivity contribution is 5.67. The predicted octanol–water partition coefficient (Wildman–Crippen LogP) is -0.241. The molecule has 0 aliphatic carbocycles. The smallest absolute Gasteiger partial charge is 0.305 e. The summed E-state index contributed by atoms with van der Waals surface area (Å²) in [4.78, 5) is 10.0. The van der Waals surface area contributed by atoms with Gasteiger partial charge in [-0.15, -0.1) is 6.58 Å². The van der Waals surface area contributed by atoms with Crippen LogP contribution >= 0.6 is 0 Å². The van der Waals surface area contributed by atoms with Crippen molar-refractivity contribution >= 4 is 5.97 Å². The molecule has 0 bridgehead atoms. The van der Waals surface area contributed by atoms with Crippen LogP contribution in [0, 0.1) is 0 Å². The summed E-state index contributed by atoms with van der Waals surface area (Å²) in [6, 6.07) is 0. The third-order valence-corrected chi connectivity index (χ3v) is 1.20. The Morgan fingerprint density at radius 3 is 2.45 bits per heavy atom. The molecule has 64 valence electrons. The maximum absolute atomic E-state index is 10.0. The van der Waals surface area contributed by atoms with Crippen LogP contribution in [-0.4, -0.2) is 33.5 Å². The summed E-state index contributed by atoms with van der Waals surface area (Å²) in [5, 5.41) is 26.0. The van der Waals surface area contributed by atoms with Crippen LogP contribution < -0.4 is 0 Å². The molecular formula is C7H12O4. The molecule has 0 heterocycles. The number of rotatable bonds is 5. The highest BCUT2D eigenvalue weighted by atomic mass is 16.4. The molecule has 0 rings (SSSR count). The first kappa shape index (κ1) is 10.1. The van der Waals surface area contributed by atoms with Crippen LogP contribution in [0.15, 0.2) is 12.7 Å². The molecule has 0 unspecified atom stereocenters. The summed E-state index contributed by atoms with van der Waals surface area (Å²) >= 11 is 0. The van der Waals surface area contributed by atoms with E-state index >= 15 is 0 Å². The molecule has 0 aromatic heterocycles. The number of hydrogen-bond acceptors (Lipinski definition) is 3. The Labute approximate surface area is 64.8 Å². The minimum absolute atomic E-state index is 0.0236. The lowest BCUT2D eigenvalue weighted by molar-refractivity contribution is -0.139. The van der Waals surface area contributed by atoms with Crippen LogP contribution in [0.25, 0.3) is 0 Å². The van der Waals surface area contributed by atoms with Crippen molar-refractivity contribution in [2.45, 2.75) is 25.0 Å². The van der Waals surface area contributed by atoms with Gasteiger partial charge >= 0.3 is 5.97 Å². The van der Waals surface area contributed by atoms with Gasteiger partial charge in [-0.05, 0) is 0 Å². The summed E-state index contributed by atoms with van der Waals surface area (Å²) < 4.78 is 0. The number of aliphatic hydroxyl groups is 2. The zero-order valence-electron chi connectivity index (χ0n) is 6.10. The van der Waals surface area contributed by atoms with Gasteiger partial charge in [0.15, 0.2) is 0 Å². The van der Waals surface area contributed by atoms with E-state index in [9.17, 15) is 4.79 Å². The lowest BCUT2D eigenvalue weighted by Gasteiger charge is -2.09. The molecular weight excluding hydrogens is 148 g/mol. The van der Waals surface area contributed by atoms with Gasteiger partial charge in [-0.3, -0.25) is 4.79 Å². The standard InChI is InChI=1S/C7H12O4/c1-2-5(8)3-6(9)4-7(10)11/h2,5-6,8-9H,1,3-4H2,(H,10,11)/t5-,6+/m0/s1. The Morgan fingerprint density at radius 2 is 2.09 bits per heavy atom. The number of aliphatic hydroxyl groups excluding tert-OH is 2. The monoisotopic (exact) mass is 160 g/mol. The van der Waals surface area contributed by atoms with Crippen LogP contribution in [0.5, 0.6) is 0 Å². The third-order valence-electron chi connectivity index (χ3n) is 1.20. The first-order valence-electron chi connectivity index (χ1n) is 3.26. The molecule has 0 radical (unpaired) electrons. The molecule has 4 nitrogen and oxygen atoms in total. The summed E-state index contributed by atoms with van der Waals surface area (Å²) in [7, 11) is 0. The Bertz CT molecular complexity index is 143. The van der Waals surface area contributed by atoms with Crippen LogP contribution in [0.2, 0.25) is 0 Å². The van der Waals surface area contributed by atoms with Crippen molar-refractivity contribution in [2.24, 2.45) is 0 Å². The highest BCUT2D eigenvalue weighted by Crippen LogP contribution is 2.02. The van der Waals surface area contributed by atoms with Crippen LogP contribution in [-0.2, 0) is 4.79 Å². The summed E-state index contributed by atoms with van der Waals surface area (Å²) in [5.74, 6) is -1.08. The number of carboxylic acids is 1. The minimum Gasteiger partial charge on any atom is -0.481 e. The SMILES string of the molecule is C=C[C@H](O)C[C@@H](O)CC(=O)O. The van der Waals surface area contributed by atoms with Gasteiger partial charge in [0.05, 0.1) is 18.6 Å². The molecule has 0 fully saturated rings. The molecule has 0 amide bonds. The van der Waals surface area contributed by atoms with Crippen molar-refractivity contribution in [3.05, 3.63) is 12.7 Å². The van der Waals surface area contributed by atoms with E-state index in [1.165, 1.54) is 6.08 Å². The van der Waals surface area contributed by atoms with E-state index in [0.717, 1.165) is 0 Å². The Morgan fingerprint density at radius 1 is 1.55 bits per heavy atom. The van der Waals surface area contributed by atoms with Crippen molar-refractivity contribution in [3.63, 3.8) is 0 Å². The van der Waals surface area contributed by atoms with Crippen LogP contribution in [0.3, 0.4) is 0 Å². The maximum atomic E-state index is 10.0. The van der Waals surface area contributed by atoms with E-state index in [1.54, 1.807) is 0 Å². The normalized spacial score (nSPS) is 15.5. The van der Waals surface area contributed by atoms with E-state index in [4.69, 9.17) is 15.3 Å². The summed E-state index contributed by atoms with van der Waals surface area (Å²) in [5.41, 5.74) is 0. The second-order valence-electron chi connectivity index (χ2n) is 2.29. The molecule has 11 heavy (non-hydrogen) atoms. The van der Waals surface area contributed by atoms with E-state index in [-0.39, 0.29) is 12.8 Å². The van der Waals surface area contributed by atoms with Crippen molar-refractivity contribution in [1.29, 1.82) is 0 Å². The molecule has 0 aromatic carbocycles. The zero-order valence-corrected chi connectivity index (χ0v) is 6.10. The minimum atomic E-state index is -1.08. The van der Waals surface area contributed by atoms with Crippen LogP contribution in [0.1, 0.15) is 12.8 Å². The molecule has 0 aromatic rings. The first-order valence-corrected chi connectivity index (χ1v) is 3.26. The molecule has 4 heteroatoms. The van der Waals surface area contributed by atoms with E-state index < -0.39 is 18.2 Å². The number of carboxylic acid groups (broad SMARTS) is 1. The van der Waals surface area contributed by atoms with Crippen molar-refractivity contribution in [2.75, 3.05) is 0 Å². The van der Waals surface area contributed by atoms with Crippen molar-refractivity contribution in [1.82, 2.24) is 0 Å². The predicted molar refractivity (Wildman–Crippen MR) is 39.1 cm³/mol. The summed E-state index contributed by atoms with van der Waals surface area (Å²) in [6.07, 6.45) is -0.893. The topological polar surface area (TPSA) is 77.8 Å². The Kier molecular flexibility index (Phi) is 4.49. The average Bonchev–Trinajstić information content (AvgIpc) is 1.85. The van der Waals surface area contributed by atoms with Gasteiger partial charge in [-0.25, -0.2) is 0 Å². The lowest BCUT2D eigenvalue weighted by Crippen LogP contribution is -2.18. The fraction of sp³-hybridized carbons (Fsp3) is 0.571. The Balaban J connectivity index is 3.59. The van der Waals surface area contributed by atoms with Crippen LogP contribution in [0.4, 0.5) is 0 Å². The lowest BCUT2D eigenvalue weighted by atomic mass is 10.1. The number of hydrogen-bond donors (Lipinski definition) is 3. The number of carbonyl (C=O) groups is 1. The van der Waals surface area contributed by atoms with Crippen molar-refractivity contribution < 1.29 is 20.1 Å². The van der Waals surface area contributed by atoms with E-state index in [1.807, 2.05) is 0 Å². The fourth-order valence-electron chi connectivity index (χ4n) is 0.660. The first-order chi connectivity index (χ1) is 5.06. The van der Waals surface area contributed by atoms with Gasteiger partial charge in [-0.2, -0.15) is 0 Å². The largest absolute Gasteiger partial charge is 0.481 e. The number of aliphatic carboxylic acids is 1. The molecule has 0 spiro atoms.